The molecule has 0 amide bonds. The quantitative estimate of drug-likeness (QED) is 0.758. The van der Waals surface area contributed by atoms with Gasteiger partial charge in [0.05, 0.1) is 11.8 Å². The summed E-state index contributed by atoms with van der Waals surface area (Å²) in [5, 5.41) is 28.9. The van der Waals surface area contributed by atoms with E-state index in [1.165, 1.54) is 0 Å². The standard InChI is InChI=1S/C13H17N3O3S2/c1-8(2)12(9-4-3-5-20-9)16-10(6-17)14-15-13(16)21-7-11(18)19/h3-5,8,12,17H,6-7H2,1-2H3,(H,18,19). The number of nitrogens with zero attached hydrogens (tertiary/aromatic N) is 3. The van der Waals surface area contributed by atoms with Crippen molar-refractivity contribution >= 4 is 29.1 Å². The molecule has 1 unspecified atom stereocenters. The molecule has 1 atom stereocenters. The second-order valence-electron chi connectivity index (χ2n) is 4.81. The molecule has 114 valence electrons. The van der Waals surface area contributed by atoms with Crippen molar-refractivity contribution in [2.45, 2.75) is 31.7 Å². The van der Waals surface area contributed by atoms with Crippen LogP contribution in [0.3, 0.4) is 0 Å². The molecule has 2 rings (SSSR count). The lowest BCUT2D eigenvalue weighted by molar-refractivity contribution is -0.133. The minimum atomic E-state index is -0.905. The molecule has 0 aromatic carbocycles. The summed E-state index contributed by atoms with van der Waals surface area (Å²) in [6.07, 6.45) is 0. The number of thiophene rings is 1. The Balaban J connectivity index is 2.42. The topological polar surface area (TPSA) is 88.2 Å². The Bertz CT molecular complexity index is 596. The average molecular weight is 327 g/mol. The second kappa shape index (κ2) is 7.06. The molecule has 2 N–H and O–H groups in total. The zero-order chi connectivity index (χ0) is 15.4. The first-order valence-corrected chi connectivity index (χ1v) is 8.33. The van der Waals surface area contributed by atoms with E-state index in [4.69, 9.17) is 5.11 Å². The van der Waals surface area contributed by atoms with Crippen LogP contribution in [-0.2, 0) is 11.4 Å². The number of thioether (sulfide) groups is 1. The number of carboxylic acids is 1. The van der Waals surface area contributed by atoms with Gasteiger partial charge in [0, 0.05) is 4.88 Å². The van der Waals surface area contributed by atoms with Crippen LogP contribution in [0, 0.1) is 5.92 Å². The number of aromatic nitrogens is 3. The van der Waals surface area contributed by atoms with E-state index in [1.807, 2.05) is 22.1 Å². The van der Waals surface area contributed by atoms with Crippen molar-refractivity contribution in [3.05, 3.63) is 28.2 Å². The highest BCUT2D eigenvalue weighted by Crippen LogP contribution is 2.34. The maximum Gasteiger partial charge on any atom is 0.313 e. The third-order valence-corrected chi connectivity index (χ3v) is 4.82. The van der Waals surface area contributed by atoms with Crippen molar-refractivity contribution < 1.29 is 15.0 Å². The van der Waals surface area contributed by atoms with Crippen LogP contribution in [-0.4, -0.2) is 36.7 Å². The summed E-state index contributed by atoms with van der Waals surface area (Å²) in [6.45, 7) is 3.93. The second-order valence-corrected chi connectivity index (χ2v) is 6.74. The van der Waals surface area contributed by atoms with Crippen molar-refractivity contribution in [1.29, 1.82) is 0 Å². The van der Waals surface area contributed by atoms with Gasteiger partial charge in [-0.15, -0.1) is 21.5 Å². The number of hydrogen-bond acceptors (Lipinski definition) is 6. The molecular formula is C13H17N3O3S2. The van der Waals surface area contributed by atoms with E-state index >= 15 is 0 Å². The molecule has 2 heterocycles. The van der Waals surface area contributed by atoms with Gasteiger partial charge in [0.15, 0.2) is 11.0 Å². The lowest BCUT2D eigenvalue weighted by Gasteiger charge is -2.24. The number of carbonyl (C=O) groups is 1. The van der Waals surface area contributed by atoms with E-state index < -0.39 is 5.97 Å². The maximum atomic E-state index is 10.8. The van der Waals surface area contributed by atoms with Crippen LogP contribution in [0.2, 0.25) is 0 Å². The summed E-state index contributed by atoms with van der Waals surface area (Å²) < 4.78 is 1.85. The first-order chi connectivity index (χ1) is 10.0. The number of carboxylic acid groups (broad SMARTS) is 1. The number of rotatable bonds is 7. The average Bonchev–Trinajstić information content (AvgIpc) is 3.06. The summed E-state index contributed by atoms with van der Waals surface area (Å²) in [5.41, 5.74) is 0. The third-order valence-electron chi connectivity index (χ3n) is 2.95. The summed E-state index contributed by atoms with van der Waals surface area (Å²) in [6, 6.07) is 3.99. The van der Waals surface area contributed by atoms with Crippen molar-refractivity contribution in [3.8, 4) is 0 Å². The normalized spacial score (nSPS) is 12.8. The minimum absolute atomic E-state index is 0.0153. The molecule has 0 saturated heterocycles. The van der Waals surface area contributed by atoms with Crippen molar-refractivity contribution in [2.75, 3.05) is 5.75 Å². The van der Waals surface area contributed by atoms with E-state index in [0.29, 0.717) is 11.0 Å². The Labute approximate surface area is 130 Å². The Kier molecular flexibility index (Phi) is 5.38. The fourth-order valence-electron chi connectivity index (χ4n) is 2.13. The number of aliphatic hydroxyl groups excluding tert-OH is 1. The van der Waals surface area contributed by atoms with Gasteiger partial charge in [-0.2, -0.15) is 0 Å². The molecule has 0 aliphatic heterocycles. The van der Waals surface area contributed by atoms with Crippen LogP contribution in [0.25, 0.3) is 0 Å². The SMILES string of the molecule is CC(C)C(c1cccs1)n1c(CO)nnc1SCC(=O)O. The molecule has 0 bridgehead atoms. The molecule has 2 aromatic heterocycles. The van der Waals surface area contributed by atoms with Crippen LogP contribution >= 0.6 is 23.1 Å². The van der Waals surface area contributed by atoms with E-state index in [0.717, 1.165) is 16.6 Å². The molecule has 8 heteroatoms. The lowest BCUT2D eigenvalue weighted by Crippen LogP contribution is -2.19. The molecule has 0 fully saturated rings. The molecule has 0 spiro atoms. The van der Waals surface area contributed by atoms with Crippen molar-refractivity contribution in [1.82, 2.24) is 14.8 Å². The summed E-state index contributed by atoms with van der Waals surface area (Å²) in [4.78, 5) is 11.9. The van der Waals surface area contributed by atoms with Gasteiger partial charge in [-0.25, -0.2) is 0 Å². The van der Waals surface area contributed by atoms with Crippen molar-refractivity contribution in [3.63, 3.8) is 0 Å². The molecule has 6 nitrogen and oxygen atoms in total. The molecular weight excluding hydrogens is 310 g/mol. The third kappa shape index (κ3) is 3.63. The molecule has 0 aliphatic rings. The van der Waals surface area contributed by atoms with Gasteiger partial charge in [0.1, 0.15) is 6.61 Å². The highest BCUT2D eigenvalue weighted by atomic mass is 32.2. The monoisotopic (exact) mass is 327 g/mol. The predicted octanol–water partition coefficient (Wildman–Crippen LogP) is 2.25. The zero-order valence-electron chi connectivity index (χ0n) is 11.8. The molecule has 2 aromatic rings. The summed E-state index contributed by atoms with van der Waals surface area (Å²) in [5.74, 6) is -0.278. The van der Waals surface area contributed by atoms with E-state index in [2.05, 4.69) is 24.0 Å². The Morgan fingerprint density at radius 3 is 2.76 bits per heavy atom. The maximum absolute atomic E-state index is 10.8. The van der Waals surface area contributed by atoms with Gasteiger partial charge in [-0.05, 0) is 17.4 Å². The van der Waals surface area contributed by atoms with Gasteiger partial charge in [-0.1, -0.05) is 31.7 Å². The largest absolute Gasteiger partial charge is 0.481 e. The van der Waals surface area contributed by atoms with Gasteiger partial charge < -0.3 is 10.2 Å². The summed E-state index contributed by atoms with van der Waals surface area (Å²) in [7, 11) is 0. The van der Waals surface area contributed by atoms with Crippen molar-refractivity contribution in [2.24, 2.45) is 5.92 Å². The molecule has 21 heavy (non-hydrogen) atoms. The van der Waals surface area contributed by atoms with Gasteiger partial charge in [0.2, 0.25) is 0 Å². The smallest absolute Gasteiger partial charge is 0.313 e. The van der Waals surface area contributed by atoms with E-state index in [9.17, 15) is 9.90 Å². The van der Waals surface area contributed by atoms with Crippen LogP contribution in [0.5, 0.6) is 0 Å². The first kappa shape index (κ1) is 16.0. The minimum Gasteiger partial charge on any atom is -0.481 e. The predicted molar refractivity (Wildman–Crippen MR) is 81.6 cm³/mol. The fourth-order valence-corrected chi connectivity index (χ4v) is 3.83. The van der Waals surface area contributed by atoms with Crippen LogP contribution in [0.4, 0.5) is 0 Å². The summed E-state index contributed by atoms with van der Waals surface area (Å²) >= 11 is 2.74. The Hall–Kier alpha value is -1.38. The van der Waals surface area contributed by atoms with Crippen LogP contribution in [0.1, 0.15) is 30.6 Å². The number of hydrogen-bond donors (Lipinski definition) is 2. The number of aliphatic carboxylic acids is 1. The highest BCUT2D eigenvalue weighted by molar-refractivity contribution is 7.99. The van der Waals surface area contributed by atoms with Crippen LogP contribution in [0.15, 0.2) is 22.7 Å². The Morgan fingerprint density at radius 1 is 1.48 bits per heavy atom. The van der Waals surface area contributed by atoms with Gasteiger partial charge >= 0.3 is 5.97 Å². The number of aliphatic hydroxyl groups is 1. The fraction of sp³-hybridized carbons (Fsp3) is 0.462. The molecule has 0 radical (unpaired) electrons. The lowest BCUT2D eigenvalue weighted by atomic mass is 10.0. The Morgan fingerprint density at radius 2 is 2.24 bits per heavy atom. The molecule has 0 aliphatic carbocycles. The van der Waals surface area contributed by atoms with Gasteiger partial charge in [-0.3, -0.25) is 9.36 Å². The van der Waals surface area contributed by atoms with E-state index in [-0.39, 0.29) is 24.3 Å². The van der Waals surface area contributed by atoms with E-state index in [1.54, 1.807) is 11.3 Å². The highest BCUT2D eigenvalue weighted by Gasteiger charge is 2.26. The first-order valence-electron chi connectivity index (χ1n) is 6.47. The van der Waals surface area contributed by atoms with Gasteiger partial charge in [0.25, 0.3) is 0 Å². The zero-order valence-corrected chi connectivity index (χ0v) is 13.4. The van der Waals surface area contributed by atoms with Crippen LogP contribution < -0.4 is 0 Å². The molecule has 0 saturated carbocycles.